The number of methoxy groups -OCH3 is 1. The average Bonchev–Trinajstić information content (AvgIpc) is 2.46. The second kappa shape index (κ2) is 6.08. The summed E-state index contributed by atoms with van der Waals surface area (Å²) < 4.78 is 5.23. The van der Waals surface area contributed by atoms with Crippen LogP contribution in [0.2, 0.25) is 0 Å². The van der Waals surface area contributed by atoms with Gasteiger partial charge in [0, 0.05) is 0 Å². The van der Waals surface area contributed by atoms with E-state index >= 15 is 0 Å². The smallest absolute Gasteiger partial charge is 0.224 e. The van der Waals surface area contributed by atoms with Crippen molar-refractivity contribution in [2.24, 2.45) is 23.0 Å². The molecule has 0 aromatic heterocycles. The van der Waals surface area contributed by atoms with E-state index in [0.29, 0.717) is 5.92 Å². The third-order valence-corrected chi connectivity index (χ3v) is 5.32. The van der Waals surface area contributed by atoms with Crippen molar-refractivity contribution in [3.05, 3.63) is 29.8 Å². The van der Waals surface area contributed by atoms with Crippen molar-refractivity contribution >= 4 is 5.91 Å². The van der Waals surface area contributed by atoms with E-state index in [0.717, 1.165) is 25.0 Å². The van der Waals surface area contributed by atoms with Crippen LogP contribution in [0, 0.1) is 17.3 Å². The fourth-order valence-electron chi connectivity index (χ4n) is 3.93. The lowest BCUT2D eigenvalue weighted by atomic mass is 9.56. The predicted octanol–water partition coefficient (Wildman–Crippen LogP) is 3.73. The van der Waals surface area contributed by atoms with E-state index in [1.807, 2.05) is 12.1 Å². The zero-order valence-corrected chi connectivity index (χ0v) is 13.6. The maximum absolute atomic E-state index is 12.3. The molecule has 1 amide bonds. The lowest BCUT2D eigenvalue weighted by molar-refractivity contribution is -0.134. The van der Waals surface area contributed by atoms with Crippen molar-refractivity contribution < 1.29 is 9.53 Å². The molecular weight excluding hydrogens is 262 g/mol. The highest BCUT2D eigenvalue weighted by Gasteiger charge is 2.49. The van der Waals surface area contributed by atoms with Gasteiger partial charge in [0.2, 0.25) is 5.91 Å². The molecule has 1 fully saturated rings. The van der Waals surface area contributed by atoms with Crippen LogP contribution in [-0.4, -0.2) is 13.0 Å². The predicted molar refractivity (Wildman–Crippen MR) is 85.2 cm³/mol. The standard InChI is InChI=1S/C18H27NO2/c1-12(2)18(17(19)20)10-9-13(3)11-16(18)14-5-7-15(21-4)8-6-14/h5-8,12-13,16H,9-11H2,1-4H3,(H2,19,20). The Kier molecular flexibility index (Phi) is 4.60. The number of rotatable bonds is 4. The quantitative estimate of drug-likeness (QED) is 0.918. The molecule has 116 valence electrons. The number of hydrogen-bond acceptors (Lipinski definition) is 2. The number of nitrogens with two attached hydrogens (primary N) is 1. The minimum atomic E-state index is -0.429. The molecule has 1 saturated carbocycles. The maximum Gasteiger partial charge on any atom is 0.224 e. The summed E-state index contributed by atoms with van der Waals surface area (Å²) in [5, 5.41) is 0. The number of amides is 1. The van der Waals surface area contributed by atoms with Gasteiger partial charge >= 0.3 is 0 Å². The van der Waals surface area contributed by atoms with E-state index in [-0.39, 0.29) is 17.7 Å². The summed E-state index contributed by atoms with van der Waals surface area (Å²) >= 11 is 0. The first-order chi connectivity index (χ1) is 9.91. The molecule has 0 aliphatic heterocycles. The van der Waals surface area contributed by atoms with Crippen molar-refractivity contribution in [1.82, 2.24) is 0 Å². The summed E-state index contributed by atoms with van der Waals surface area (Å²) in [5.41, 5.74) is 6.64. The molecule has 21 heavy (non-hydrogen) atoms. The second-order valence-electron chi connectivity index (χ2n) is 6.76. The summed E-state index contributed by atoms with van der Waals surface area (Å²) in [7, 11) is 1.67. The van der Waals surface area contributed by atoms with Crippen molar-refractivity contribution in [2.75, 3.05) is 7.11 Å². The highest BCUT2D eigenvalue weighted by molar-refractivity contribution is 5.82. The number of benzene rings is 1. The molecule has 1 aromatic carbocycles. The van der Waals surface area contributed by atoms with Crippen molar-refractivity contribution in [2.45, 2.75) is 46.0 Å². The third-order valence-electron chi connectivity index (χ3n) is 5.32. The highest BCUT2D eigenvalue weighted by atomic mass is 16.5. The van der Waals surface area contributed by atoms with Crippen LogP contribution in [0.15, 0.2) is 24.3 Å². The first-order valence-corrected chi connectivity index (χ1v) is 7.85. The van der Waals surface area contributed by atoms with Crippen LogP contribution in [-0.2, 0) is 4.79 Å². The number of hydrogen-bond donors (Lipinski definition) is 1. The van der Waals surface area contributed by atoms with Crippen LogP contribution < -0.4 is 10.5 Å². The first kappa shape index (κ1) is 15.9. The molecule has 0 saturated heterocycles. The molecule has 3 atom stereocenters. The minimum Gasteiger partial charge on any atom is -0.497 e. The lowest BCUT2D eigenvalue weighted by Gasteiger charge is -2.47. The summed E-state index contributed by atoms with van der Waals surface area (Å²) in [6.45, 7) is 6.51. The van der Waals surface area contributed by atoms with Gasteiger partial charge in [-0.3, -0.25) is 4.79 Å². The Labute approximate surface area is 127 Å². The van der Waals surface area contributed by atoms with Crippen molar-refractivity contribution in [3.8, 4) is 5.75 Å². The SMILES string of the molecule is COc1ccc(C2CC(C)CCC2(C(N)=O)C(C)C)cc1. The van der Waals surface area contributed by atoms with Gasteiger partial charge in [0.15, 0.2) is 0 Å². The van der Waals surface area contributed by atoms with Crippen molar-refractivity contribution in [1.29, 1.82) is 0 Å². The molecule has 0 spiro atoms. The monoisotopic (exact) mass is 289 g/mol. The molecule has 1 aliphatic carbocycles. The fraction of sp³-hybridized carbons (Fsp3) is 0.611. The minimum absolute atomic E-state index is 0.148. The van der Waals surface area contributed by atoms with Crippen LogP contribution in [0.5, 0.6) is 5.75 Å². The number of ether oxygens (including phenoxy) is 1. The van der Waals surface area contributed by atoms with Crippen LogP contribution in [0.4, 0.5) is 0 Å². The largest absolute Gasteiger partial charge is 0.497 e. The van der Waals surface area contributed by atoms with Gasteiger partial charge in [-0.25, -0.2) is 0 Å². The molecule has 0 bridgehead atoms. The Morgan fingerprint density at radius 2 is 1.95 bits per heavy atom. The molecule has 0 heterocycles. The topological polar surface area (TPSA) is 52.3 Å². The summed E-state index contributed by atoms with van der Waals surface area (Å²) in [4.78, 5) is 12.3. The molecule has 0 radical (unpaired) electrons. The molecule has 1 aliphatic rings. The number of carbonyl (C=O) groups is 1. The van der Waals surface area contributed by atoms with Crippen LogP contribution in [0.25, 0.3) is 0 Å². The van der Waals surface area contributed by atoms with Gasteiger partial charge in [0.25, 0.3) is 0 Å². The van der Waals surface area contributed by atoms with Crippen LogP contribution in [0.3, 0.4) is 0 Å². The molecule has 3 nitrogen and oxygen atoms in total. The Morgan fingerprint density at radius 1 is 1.33 bits per heavy atom. The van der Waals surface area contributed by atoms with E-state index in [1.54, 1.807) is 7.11 Å². The third kappa shape index (κ3) is 2.78. The normalized spacial score (nSPS) is 29.4. The molecule has 2 N–H and O–H groups in total. The van der Waals surface area contributed by atoms with E-state index in [2.05, 4.69) is 32.9 Å². The van der Waals surface area contributed by atoms with Crippen LogP contribution in [0.1, 0.15) is 51.5 Å². The van der Waals surface area contributed by atoms with E-state index in [1.165, 1.54) is 5.56 Å². The first-order valence-electron chi connectivity index (χ1n) is 7.85. The molecule has 3 unspecified atom stereocenters. The maximum atomic E-state index is 12.3. The molecule has 1 aromatic rings. The molecular formula is C18H27NO2. The van der Waals surface area contributed by atoms with Crippen molar-refractivity contribution in [3.63, 3.8) is 0 Å². The van der Waals surface area contributed by atoms with Gasteiger partial charge in [-0.15, -0.1) is 0 Å². The fourth-order valence-corrected chi connectivity index (χ4v) is 3.93. The lowest BCUT2D eigenvalue weighted by Crippen LogP contribution is -2.48. The summed E-state index contributed by atoms with van der Waals surface area (Å²) in [6, 6.07) is 8.12. The summed E-state index contributed by atoms with van der Waals surface area (Å²) in [6.07, 6.45) is 2.99. The van der Waals surface area contributed by atoms with Gasteiger partial charge in [0.1, 0.15) is 5.75 Å². The van der Waals surface area contributed by atoms with Gasteiger partial charge < -0.3 is 10.5 Å². The Morgan fingerprint density at radius 3 is 2.43 bits per heavy atom. The van der Waals surface area contributed by atoms with Gasteiger partial charge in [-0.1, -0.05) is 32.9 Å². The molecule has 2 rings (SSSR count). The van der Waals surface area contributed by atoms with Gasteiger partial charge in [0.05, 0.1) is 12.5 Å². The van der Waals surface area contributed by atoms with E-state index < -0.39 is 5.41 Å². The summed E-state index contributed by atoms with van der Waals surface area (Å²) in [5.74, 6) is 1.77. The van der Waals surface area contributed by atoms with Gasteiger partial charge in [-0.2, -0.15) is 0 Å². The second-order valence-corrected chi connectivity index (χ2v) is 6.76. The Bertz CT molecular complexity index is 494. The molecule has 3 heteroatoms. The van der Waals surface area contributed by atoms with E-state index in [4.69, 9.17) is 10.5 Å². The van der Waals surface area contributed by atoms with E-state index in [9.17, 15) is 4.79 Å². The zero-order chi connectivity index (χ0) is 15.6. The number of carbonyl (C=O) groups excluding carboxylic acids is 1. The van der Waals surface area contributed by atoms with Crippen LogP contribution >= 0.6 is 0 Å². The Balaban J connectivity index is 2.44. The zero-order valence-electron chi connectivity index (χ0n) is 13.6. The highest BCUT2D eigenvalue weighted by Crippen LogP contribution is 2.53. The van der Waals surface area contributed by atoms with Gasteiger partial charge in [-0.05, 0) is 54.7 Å². The average molecular weight is 289 g/mol. The number of primary amides is 1. The Hall–Kier alpha value is -1.51.